The van der Waals surface area contributed by atoms with Gasteiger partial charge in [-0.1, -0.05) is 6.92 Å². The molecule has 6 rings (SSSR count). The summed E-state index contributed by atoms with van der Waals surface area (Å²) in [5.74, 6) is 1.62. The molecule has 11 heteroatoms. The molecule has 0 aliphatic carbocycles. The van der Waals surface area contributed by atoms with Gasteiger partial charge >= 0.3 is 0 Å². The van der Waals surface area contributed by atoms with Gasteiger partial charge in [-0.05, 0) is 48.6 Å². The van der Waals surface area contributed by atoms with Gasteiger partial charge in [-0.15, -0.1) is 11.8 Å². The fourth-order valence-electron chi connectivity index (χ4n) is 5.69. The number of halogens is 1. The van der Waals surface area contributed by atoms with Crippen molar-refractivity contribution >= 4 is 46.7 Å². The quantitative estimate of drug-likeness (QED) is 0.416. The van der Waals surface area contributed by atoms with Gasteiger partial charge in [0.05, 0.1) is 41.3 Å². The number of carbonyl (C=O) groups excluding carboxylic acids is 1. The number of aromatic nitrogens is 2. The second-order valence-electron chi connectivity index (χ2n) is 10.9. The Morgan fingerprint density at radius 1 is 1.17 bits per heavy atom. The summed E-state index contributed by atoms with van der Waals surface area (Å²) in [6.07, 6.45) is 6.01. The Morgan fingerprint density at radius 2 is 1.98 bits per heavy atom. The highest BCUT2D eigenvalue weighted by molar-refractivity contribution is 8.02. The molecule has 1 unspecified atom stereocenters. The fraction of sp³-hybridized carbons (Fsp3) is 0.419. The topological polar surface area (TPSA) is 83.5 Å². The molecule has 2 fully saturated rings. The number of nitrogens with zero attached hydrogens (tertiary/aromatic N) is 8. The Morgan fingerprint density at radius 3 is 2.69 bits per heavy atom. The number of thioether (sulfide) groups is 1. The maximum Gasteiger partial charge on any atom is 0.236 e. The standard InChI is InChI=1S/C31H35FN8OS/c1-3-27-31(36(2)25-17-34-28(21-42-20-25)26-7-5-23(32)15-22(26)16-33)40-18-24(6-8-29(40)35-27)38-13-11-37(12-14-38)19-30(41)39-9-4-10-39/h5-8,15,17-18,21,25H,3-4,9-14,19-20H2,1-2H3. The first kappa shape index (κ1) is 28.2. The highest BCUT2D eigenvalue weighted by Gasteiger charge is 2.26. The highest BCUT2D eigenvalue weighted by Crippen LogP contribution is 2.31. The predicted octanol–water partition coefficient (Wildman–Crippen LogP) is 3.88. The monoisotopic (exact) mass is 586 g/mol. The molecular formula is C31H35FN8OS. The number of likely N-dealkylation sites (tertiary alicyclic amines) is 1. The molecule has 3 aromatic rings. The summed E-state index contributed by atoms with van der Waals surface area (Å²) in [5, 5.41) is 11.5. The van der Waals surface area contributed by atoms with Crippen LogP contribution < -0.4 is 9.80 Å². The molecule has 9 nitrogen and oxygen atoms in total. The van der Waals surface area contributed by atoms with Crippen LogP contribution >= 0.6 is 11.8 Å². The number of aliphatic imine (C=N–C) groups is 1. The van der Waals surface area contributed by atoms with Gasteiger partial charge in [-0.25, -0.2) is 9.37 Å². The van der Waals surface area contributed by atoms with Crippen molar-refractivity contribution in [3.05, 3.63) is 64.6 Å². The molecule has 0 radical (unpaired) electrons. The van der Waals surface area contributed by atoms with Gasteiger partial charge in [0.2, 0.25) is 5.91 Å². The van der Waals surface area contributed by atoms with Crippen molar-refractivity contribution in [2.24, 2.45) is 4.99 Å². The first-order valence-corrected chi connectivity index (χ1v) is 15.5. The van der Waals surface area contributed by atoms with Crippen LogP contribution in [-0.2, 0) is 11.2 Å². The van der Waals surface area contributed by atoms with E-state index in [4.69, 9.17) is 9.98 Å². The number of carbonyl (C=O) groups is 1. The maximum atomic E-state index is 13.7. The Hall–Kier alpha value is -3.88. The third-order valence-electron chi connectivity index (χ3n) is 8.34. The molecule has 0 bridgehead atoms. The highest BCUT2D eigenvalue weighted by atomic mass is 32.2. The van der Waals surface area contributed by atoms with Crippen molar-refractivity contribution in [1.29, 1.82) is 5.26 Å². The molecule has 1 aromatic carbocycles. The average Bonchev–Trinajstić information content (AvgIpc) is 3.16. The number of fused-ring (bicyclic) bond motifs is 1. The van der Waals surface area contributed by atoms with Crippen LogP contribution in [0.2, 0.25) is 0 Å². The number of nitriles is 1. The van der Waals surface area contributed by atoms with Gasteiger partial charge in [-0.3, -0.25) is 19.1 Å². The predicted molar refractivity (Wildman–Crippen MR) is 167 cm³/mol. The van der Waals surface area contributed by atoms with E-state index in [9.17, 15) is 14.4 Å². The number of hydrogen-bond donors (Lipinski definition) is 0. The van der Waals surface area contributed by atoms with Gasteiger partial charge < -0.3 is 14.7 Å². The van der Waals surface area contributed by atoms with Crippen molar-refractivity contribution < 1.29 is 9.18 Å². The number of rotatable bonds is 7. The minimum atomic E-state index is -0.433. The van der Waals surface area contributed by atoms with E-state index in [0.717, 1.165) is 80.7 Å². The van der Waals surface area contributed by atoms with Gasteiger partial charge in [-0.2, -0.15) is 5.26 Å². The number of imidazole rings is 1. The Kier molecular flexibility index (Phi) is 8.18. The minimum Gasteiger partial charge on any atom is -0.368 e. The van der Waals surface area contributed by atoms with E-state index in [1.54, 1.807) is 17.8 Å². The number of aryl methyl sites for hydroxylation is 1. The number of hydrogen-bond acceptors (Lipinski definition) is 8. The summed E-state index contributed by atoms with van der Waals surface area (Å²) < 4.78 is 15.9. The van der Waals surface area contributed by atoms with Gasteiger partial charge in [0.15, 0.2) is 0 Å². The average molecular weight is 587 g/mol. The van der Waals surface area contributed by atoms with Crippen molar-refractivity contribution in [2.75, 3.05) is 68.4 Å². The van der Waals surface area contributed by atoms with Crippen LogP contribution in [0.25, 0.3) is 11.3 Å². The van der Waals surface area contributed by atoms with E-state index in [1.807, 2.05) is 16.5 Å². The van der Waals surface area contributed by atoms with Crippen molar-refractivity contribution in [2.45, 2.75) is 25.8 Å². The molecule has 5 heterocycles. The lowest BCUT2D eigenvalue weighted by Gasteiger charge is -2.38. The number of amides is 1. The summed E-state index contributed by atoms with van der Waals surface area (Å²) in [7, 11) is 2.07. The van der Waals surface area contributed by atoms with E-state index in [2.05, 4.69) is 57.5 Å². The van der Waals surface area contributed by atoms with Crippen LogP contribution in [0.3, 0.4) is 0 Å². The molecule has 0 N–H and O–H groups in total. The molecule has 3 aliphatic rings. The van der Waals surface area contributed by atoms with E-state index in [-0.39, 0.29) is 17.5 Å². The van der Waals surface area contributed by atoms with Gasteiger partial charge in [0.1, 0.15) is 17.3 Å². The normalized spacial score (nSPS) is 19.3. The van der Waals surface area contributed by atoms with Gasteiger partial charge in [0.25, 0.3) is 0 Å². The third-order valence-corrected chi connectivity index (χ3v) is 9.27. The van der Waals surface area contributed by atoms with Crippen LogP contribution in [-0.4, -0.2) is 96.0 Å². The smallest absolute Gasteiger partial charge is 0.236 e. The van der Waals surface area contributed by atoms with Gasteiger partial charge in [0, 0.05) is 70.0 Å². The van der Waals surface area contributed by atoms with Crippen LogP contribution in [0.1, 0.15) is 30.2 Å². The number of benzene rings is 1. The summed E-state index contributed by atoms with van der Waals surface area (Å²) >= 11 is 1.63. The lowest BCUT2D eigenvalue weighted by atomic mass is 10.1. The van der Waals surface area contributed by atoms with Crippen molar-refractivity contribution in [1.82, 2.24) is 19.2 Å². The summed E-state index contributed by atoms with van der Waals surface area (Å²) in [4.78, 5) is 30.9. The van der Waals surface area contributed by atoms with E-state index >= 15 is 0 Å². The van der Waals surface area contributed by atoms with Crippen LogP contribution in [0.15, 0.2) is 46.9 Å². The molecule has 42 heavy (non-hydrogen) atoms. The minimum absolute atomic E-state index is 0.0175. The zero-order valence-electron chi connectivity index (χ0n) is 24.0. The second-order valence-corrected chi connectivity index (χ2v) is 11.8. The zero-order valence-corrected chi connectivity index (χ0v) is 24.9. The summed E-state index contributed by atoms with van der Waals surface area (Å²) in [6.45, 7) is 7.90. The lowest BCUT2D eigenvalue weighted by molar-refractivity contribution is -0.135. The zero-order chi connectivity index (χ0) is 29.2. The number of pyridine rings is 1. The van der Waals surface area contributed by atoms with Crippen molar-refractivity contribution in [3.63, 3.8) is 0 Å². The van der Waals surface area contributed by atoms with Crippen LogP contribution in [0.5, 0.6) is 0 Å². The summed E-state index contributed by atoms with van der Waals surface area (Å²) in [5.41, 5.74) is 4.62. The largest absolute Gasteiger partial charge is 0.368 e. The molecule has 0 spiro atoms. The van der Waals surface area contributed by atoms with E-state index in [0.29, 0.717) is 17.8 Å². The van der Waals surface area contributed by atoms with E-state index in [1.165, 1.54) is 12.1 Å². The molecule has 1 atom stereocenters. The SMILES string of the molecule is CCc1nc2ccc(N3CCN(CC(=O)N4CCC4)CC3)cn2c1N(C)C1C=NC(c2ccc(F)cc2C#N)=CSC1. The molecule has 3 aliphatic heterocycles. The van der Waals surface area contributed by atoms with Crippen molar-refractivity contribution in [3.8, 4) is 6.07 Å². The fourth-order valence-corrected chi connectivity index (χ4v) is 6.64. The van der Waals surface area contributed by atoms with Crippen LogP contribution in [0.4, 0.5) is 15.9 Å². The molecular weight excluding hydrogens is 551 g/mol. The Labute approximate surface area is 249 Å². The Bertz CT molecular complexity index is 1580. The molecule has 2 aromatic heterocycles. The number of piperazine rings is 1. The molecule has 2 saturated heterocycles. The maximum absolute atomic E-state index is 13.7. The first-order chi connectivity index (χ1) is 20.4. The third kappa shape index (κ3) is 5.61. The second kappa shape index (κ2) is 12.2. The molecule has 1 amide bonds. The molecule has 0 saturated carbocycles. The van der Waals surface area contributed by atoms with Crippen LogP contribution in [0, 0.1) is 17.1 Å². The summed E-state index contributed by atoms with van der Waals surface area (Å²) in [6, 6.07) is 10.5. The first-order valence-electron chi connectivity index (χ1n) is 14.5. The Balaban J connectivity index is 1.20. The molecule has 218 valence electrons. The number of anilines is 2. The lowest BCUT2D eigenvalue weighted by Crippen LogP contribution is -2.52. The van der Waals surface area contributed by atoms with E-state index < -0.39 is 5.82 Å².